The zero-order valence-electron chi connectivity index (χ0n) is 10.3. The topological polar surface area (TPSA) is 96.5 Å². The number of H-pyrrole nitrogens is 1. The molecule has 2 N–H and O–H groups in total. The maximum absolute atomic E-state index is 11.9. The Morgan fingerprint density at radius 3 is 2.65 bits per heavy atom. The number of benzene rings is 1. The average molecular weight is 266 g/mol. The molecule has 0 spiro atoms. The van der Waals surface area contributed by atoms with Gasteiger partial charge >= 0.3 is 0 Å². The van der Waals surface area contributed by atoms with Crippen LogP contribution >= 0.6 is 0 Å². The standard InChI is InChI=1S/C13H10N6O/c20-13(10-2-1-7-14-8-10)15-11-5-3-9(4-6-11)12-16-18-19-17-12/h1-8H,(H,15,20)(H,16,17,18,19). The summed E-state index contributed by atoms with van der Waals surface area (Å²) in [5.41, 5.74) is 2.01. The van der Waals surface area contributed by atoms with Crippen LogP contribution in [0.15, 0.2) is 48.8 Å². The van der Waals surface area contributed by atoms with Gasteiger partial charge in [0.2, 0.25) is 5.82 Å². The van der Waals surface area contributed by atoms with Crippen LogP contribution in [-0.2, 0) is 0 Å². The summed E-state index contributed by atoms with van der Waals surface area (Å²) in [6, 6.07) is 10.6. The first kappa shape index (κ1) is 12.0. The lowest BCUT2D eigenvalue weighted by atomic mass is 10.2. The van der Waals surface area contributed by atoms with E-state index in [0.717, 1.165) is 5.56 Å². The summed E-state index contributed by atoms with van der Waals surface area (Å²) in [7, 11) is 0. The highest BCUT2D eigenvalue weighted by molar-refractivity contribution is 6.04. The highest BCUT2D eigenvalue weighted by atomic mass is 16.1. The van der Waals surface area contributed by atoms with Crippen LogP contribution in [0.4, 0.5) is 5.69 Å². The monoisotopic (exact) mass is 266 g/mol. The van der Waals surface area contributed by atoms with Gasteiger partial charge in [-0.05, 0) is 41.6 Å². The number of anilines is 1. The van der Waals surface area contributed by atoms with Gasteiger partial charge in [-0.1, -0.05) is 0 Å². The molecule has 0 saturated carbocycles. The van der Waals surface area contributed by atoms with Crippen molar-refractivity contribution >= 4 is 11.6 Å². The van der Waals surface area contributed by atoms with Crippen molar-refractivity contribution in [3.05, 3.63) is 54.4 Å². The van der Waals surface area contributed by atoms with E-state index in [0.29, 0.717) is 17.1 Å². The van der Waals surface area contributed by atoms with Crippen molar-refractivity contribution in [2.24, 2.45) is 0 Å². The largest absolute Gasteiger partial charge is 0.322 e. The highest BCUT2D eigenvalue weighted by Gasteiger charge is 2.06. The minimum Gasteiger partial charge on any atom is -0.322 e. The Balaban J connectivity index is 1.74. The molecule has 1 amide bonds. The van der Waals surface area contributed by atoms with E-state index in [-0.39, 0.29) is 5.91 Å². The van der Waals surface area contributed by atoms with Crippen molar-refractivity contribution in [3.8, 4) is 11.4 Å². The number of hydrogen-bond acceptors (Lipinski definition) is 5. The molecule has 0 bridgehead atoms. The van der Waals surface area contributed by atoms with Crippen LogP contribution in [0.2, 0.25) is 0 Å². The van der Waals surface area contributed by atoms with Gasteiger partial charge in [-0.3, -0.25) is 9.78 Å². The first-order valence-corrected chi connectivity index (χ1v) is 5.88. The average Bonchev–Trinajstić information content (AvgIpc) is 3.03. The lowest BCUT2D eigenvalue weighted by molar-refractivity contribution is 0.102. The van der Waals surface area contributed by atoms with Gasteiger partial charge in [0.1, 0.15) is 0 Å². The molecule has 0 radical (unpaired) electrons. The third-order valence-electron chi connectivity index (χ3n) is 2.67. The van der Waals surface area contributed by atoms with E-state index in [9.17, 15) is 4.79 Å². The molecule has 1 aromatic carbocycles. The summed E-state index contributed by atoms with van der Waals surface area (Å²) >= 11 is 0. The number of pyridine rings is 1. The zero-order chi connectivity index (χ0) is 13.8. The fourth-order valence-corrected chi connectivity index (χ4v) is 1.69. The number of tetrazole rings is 1. The minimum absolute atomic E-state index is 0.203. The predicted octanol–water partition coefficient (Wildman–Crippen LogP) is 1.51. The van der Waals surface area contributed by atoms with Crippen LogP contribution in [-0.4, -0.2) is 31.5 Å². The van der Waals surface area contributed by atoms with E-state index < -0.39 is 0 Å². The lowest BCUT2D eigenvalue weighted by Crippen LogP contribution is -2.11. The number of aromatic nitrogens is 5. The van der Waals surface area contributed by atoms with Crippen LogP contribution in [0.5, 0.6) is 0 Å². The van der Waals surface area contributed by atoms with E-state index >= 15 is 0 Å². The fourth-order valence-electron chi connectivity index (χ4n) is 1.69. The number of nitrogens with one attached hydrogen (secondary N) is 2. The van der Waals surface area contributed by atoms with Gasteiger partial charge in [-0.2, -0.15) is 5.21 Å². The van der Waals surface area contributed by atoms with Crippen LogP contribution in [0.1, 0.15) is 10.4 Å². The highest BCUT2D eigenvalue weighted by Crippen LogP contribution is 2.17. The molecule has 3 rings (SSSR count). The summed E-state index contributed by atoms with van der Waals surface area (Å²) in [6.45, 7) is 0. The maximum atomic E-state index is 11.9. The Morgan fingerprint density at radius 2 is 2.00 bits per heavy atom. The number of carbonyl (C=O) groups is 1. The summed E-state index contributed by atoms with van der Waals surface area (Å²) < 4.78 is 0. The number of amides is 1. The van der Waals surface area contributed by atoms with Crippen LogP contribution < -0.4 is 5.32 Å². The van der Waals surface area contributed by atoms with E-state index in [1.807, 2.05) is 12.1 Å². The molecule has 20 heavy (non-hydrogen) atoms. The Morgan fingerprint density at radius 1 is 1.15 bits per heavy atom. The zero-order valence-corrected chi connectivity index (χ0v) is 10.3. The van der Waals surface area contributed by atoms with Crippen molar-refractivity contribution in [1.82, 2.24) is 25.6 Å². The molecular formula is C13H10N6O. The molecule has 0 aliphatic rings. The SMILES string of the molecule is O=C(Nc1ccc(-c2nn[nH]n2)cc1)c1cccnc1. The molecule has 3 aromatic rings. The Kier molecular flexibility index (Phi) is 3.15. The second-order valence-electron chi connectivity index (χ2n) is 4.01. The first-order chi connectivity index (χ1) is 9.83. The van der Waals surface area contributed by atoms with Crippen LogP contribution in [0.3, 0.4) is 0 Å². The number of nitrogens with zero attached hydrogens (tertiary/aromatic N) is 4. The molecule has 0 atom stereocenters. The van der Waals surface area contributed by atoms with Crippen LogP contribution in [0, 0.1) is 0 Å². The normalized spacial score (nSPS) is 10.2. The van der Waals surface area contributed by atoms with Gasteiger partial charge in [0.25, 0.3) is 5.91 Å². The second kappa shape index (κ2) is 5.27. The maximum Gasteiger partial charge on any atom is 0.257 e. The summed E-state index contributed by atoms with van der Waals surface area (Å²) in [4.78, 5) is 15.8. The lowest BCUT2D eigenvalue weighted by Gasteiger charge is -2.05. The first-order valence-electron chi connectivity index (χ1n) is 5.88. The van der Waals surface area contributed by atoms with E-state index in [1.54, 1.807) is 30.5 Å². The third-order valence-corrected chi connectivity index (χ3v) is 2.67. The summed E-state index contributed by atoms with van der Waals surface area (Å²) in [6.07, 6.45) is 3.14. The van der Waals surface area contributed by atoms with Gasteiger partial charge in [0.15, 0.2) is 0 Å². The van der Waals surface area contributed by atoms with Crippen molar-refractivity contribution < 1.29 is 4.79 Å². The second-order valence-corrected chi connectivity index (χ2v) is 4.01. The minimum atomic E-state index is -0.203. The van der Waals surface area contributed by atoms with Crippen LogP contribution in [0.25, 0.3) is 11.4 Å². The summed E-state index contributed by atoms with van der Waals surface area (Å²) in [5.74, 6) is 0.306. The van der Waals surface area contributed by atoms with Gasteiger partial charge in [-0.25, -0.2) is 0 Å². The Hall–Kier alpha value is -3.09. The number of carbonyl (C=O) groups excluding carboxylic acids is 1. The smallest absolute Gasteiger partial charge is 0.257 e. The van der Waals surface area contributed by atoms with Gasteiger partial charge in [0, 0.05) is 23.6 Å². The Labute approximate surface area is 114 Å². The molecule has 0 aliphatic heterocycles. The van der Waals surface area contributed by atoms with Crippen molar-refractivity contribution in [1.29, 1.82) is 0 Å². The number of rotatable bonds is 3. The number of aromatic amines is 1. The molecule has 7 heteroatoms. The van der Waals surface area contributed by atoms with Gasteiger partial charge in [-0.15, -0.1) is 10.2 Å². The Bertz CT molecular complexity index is 693. The number of hydrogen-bond donors (Lipinski definition) is 2. The molecule has 0 unspecified atom stereocenters. The van der Waals surface area contributed by atoms with E-state index in [2.05, 4.69) is 30.9 Å². The molecular weight excluding hydrogens is 256 g/mol. The quantitative estimate of drug-likeness (QED) is 0.749. The van der Waals surface area contributed by atoms with Crippen molar-refractivity contribution in [3.63, 3.8) is 0 Å². The van der Waals surface area contributed by atoms with E-state index in [4.69, 9.17) is 0 Å². The fraction of sp³-hybridized carbons (Fsp3) is 0. The predicted molar refractivity (Wildman–Crippen MR) is 71.8 cm³/mol. The summed E-state index contributed by atoms with van der Waals surface area (Å²) in [5, 5.41) is 16.4. The molecule has 0 saturated heterocycles. The van der Waals surface area contributed by atoms with Gasteiger partial charge < -0.3 is 5.32 Å². The van der Waals surface area contributed by atoms with E-state index in [1.165, 1.54) is 6.20 Å². The molecule has 2 aromatic heterocycles. The van der Waals surface area contributed by atoms with Crippen molar-refractivity contribution in [2.75, 3.05) is 5.32 Å². The van der Waals surface area contributed by atoms with Gasteiger partial charge in [0.05, 0.1) is 5.56 Å². The van der Waals surface area contributed by atoms with Crippen molar-refractivity contribution in [2.45, 2.75) is 0 Å². The molecule has 7 nitrogen and oxygen atoms in total. The third kappa shape index (κ3) is 2.51. The molecule has 0 aliphatic carbocycles. The molecule has 0 fully saturated rings. The molecule has 98 valence electrons. The molecule has 2 heterocycles.